The minimum atomic E-state index is -3.43. The molecule has 1 nitrogen and oxygen atoms in total. The molecule has 0 aliphatic heterocycles. The Bertz CT molecular complexity index is 425. The third-order valence-corrected chi connectivity index (χ3v) is 15.0. The van der Waals surface area contributed by atoms with Crippen molar-refractivity contribution in [3.8, 4) is 0 Å². The molecule has 0 fully saturated rings. The van der Waals surface area contributed by atoms with Crippen molar-refractivity contribution in [3.63, 3.8) is 0 Å². The predicted molar refractivity (Wildman–Crippen MR) is 75.2 cm³/mol. The van der Waals surface area contributed by atoms with Crippen LogP contribution in [0.4, 0.5) is 0 Å². The fourth-order valence-corrected chi connectivity index (χ4v) is 11.0. The molecular weight excluding hydrogens is 315 g/mol. The molecule has 1 N–H and O–H groups in total. The van der Waals surface area contributed by atoms with Crippen LogP contribution in [0.2, 0.25) is 3.93 Å². The Labute approximate surface area is 108 Å². The van der Waals surface area contributed by atoms with Gasteiger partial charge in [0.05, 0.1) is 0 Å². The molecule has 0 unspecified atom stereocenters. The van der Waals surface area contributed by atoms with Crippen LogP contribution < -0.4 is 7.16 Å². The SMILES string of the molecule is C[CH](C)[Sn]([OH])([c]1ccccc1)[c]1ccccc1. The van der Waals surface area contributed by atoms with E-state index in [0.717, 1.165) is 7.16 Å². The fourth-order valence-electron chi connectivity index (χ4n) is 2.22. The second kappa shape index (κ2) is 5.23. The zero-order valence-electron chi connectivity index (χ0n) is 10.3. The number of hydrogen-bond donors (Lipinski definition) is 1. The third kappa shape index (κ3) is 2.40. The second-order valence-electron chi connectivity index (χ2n) is 4.65. The maximum atomic E-state index is 11.2. The molecule has 2 aromatic rings. The van der Waals surface area contributed by atoms with E-state index in [0.29, 0.717) is 3.93 Å². The van der Waals surface area contributed by atoms with Gasteiger partial charge in [-0.2, -0.15) is 0 Å². The summed E-state index contributed by atoms with van der Waals surface area (Å²) in [6.45, 7) is 4.27. The molecule has 2 aromatic carbocycles. The van der Waals surface area contributed by atoms with Crippen LogP contribution in [0.15, 0.2) is 60.7 Å². The van der Waals surface area contributed by atoms with Gasteiger partial charge in [-0.1, -0.05) is 0 Å². The normalized spacial score (nSPS) is 11.8. The van der Waals surface area contributed by atoms with Gasteiger partial charge in [0.25, 0.3) is 0 Å². The Kier molecular flexibility index (Phi) is 3.89. The van der Waals surface area contributed by atoms with Gasteiger partial charge in [0.1, 0.15) is 0 Å². The summed E-state index contributed by atoms with van der Waals surface area (Å²) in [7, 11) is 0. The van der Waals surface area contributed by atoms with Gasteiger partial charge in [0.2, 0.25) is 0 Å². The molecule has 17 heavy (non-hydrogen) atoms. The van der Waals surface area contributed by atoms with Crippen LogP contribution in [0, 0.1) is 0 Å². The third-order valence-electron chi connectivity index (χ3n) is 3.26. The first kappa shape index (κ1) is 12.7. The van der Waals surface area contributed by atoms with Crippen molar-refractivity contribution in [2.45, 2.75) is 17.8 Å². The van der Waals surface area contributed by atoms with Gasteiger partial charge >= 0.3 is 108 Å². The molecule has 0 bridgehead atoms. The Hall–Kier alpha value is -0.801. The van der Waals surface area contributed by atoms with Crippen molar-refractivity contribution in [1.82, 2.24) is 0 Å². The van der Waals surface area contributed by atoms with Crippen molar-refractivity contribution in [3.05, 3.63) is 60.7 Å². The van der Waals surface area contributed by atoms with Gasteiger partial charge < -0.3 is 0 Å². The summed E-state index contributed by atoms with van der Waals surface area (Å²) in [6, 6.07) is 20.4. The molecule has 0 spiro atoms. The summed E-state index contributed by atoms with van der Waals surface area (Å²) in [5.74, 6) is 0. The van der Waals surface area contributed by atoms with E-state index in [4.69, 9.17) is 0 Å². The Morgan fingerprint density at radius 2 is 1.12 bits per heavy atom. The van der Waals surface area contributed by atoms with Crippen LogP contribution in [-0.2, 0) is 0 Å². The molecule has 0 aliphatic carbocycles. The second-order valence-corrected chi connectivity index (χ2v) is 15.6. The van der Waals surface area contributed by atoms with Gasteiger partial charge in [-0.15, -0.1) is 0 Å². The van der Waals surface area contributed by atoms with Crippen molar-refractivity contribution in [2.75, 3.05) is 0 Å². The summed E-state index contributed by atoms with van der Waals surface area (Å²) in [6.07, 6.45) is 0. The van der Waals surface area contributed by atoms with Crippen molar-refractivity contribution < 1.29 is 3.44 Å². The Balaban J connectivity index is 2.55. The topological polar surface area (TPSA) is 20.2 Å². The van der Waals surface area contributed by atoms with E-state index in [1.54, 1.807) is 0 Å². The van der Waals surface area contributed by atoms with Gasteiger partial charge in [-0.25, -0.2) is 0 Å². The molecule has 0 atom stereocenters. The zero-order chi connectivity index (χ0) is 12.3. The molecular formula is C15H18OSn. The molecule has 0 radical (unpaired) electrons. The number of benzene rings is 2. The molecule has 0 saturated carbocycles. The summed E-state index contributed by atoms with van der Waals surface area (Å²) < 4.78 is 13.9. The van der Waals surface area contributed by atoms with E-state index in [1.165, 1.54) is 0 Å². The number of hydrogen-bond acceptors (Lipinski definition) is 1. The molecule has 0 aromatic heterocycles. The van der Waals surface area contributed by atoms with E-state index in [2.05, 4.69) is 38.1 Å². The van der Waals surface area contributed by atoms with Crippen LogP contribution in [0.25, 0.3) is 0 Å². The van der Waals surface area contributed by atoms with E-state index in [-0.39, 0.29) is 0 Å². The Morgan fingerprint density at radius 3 is 1.41 bits per heavy atom. The summed E-state index contributed by atoms with van der Waals surface area (Å²) in [5, 5.41) is 0. The average Bonchev–Trinajstić information content (AvgIpc) is 2.39. The van der Waals surface area contributed by atoms with Crippen LogP contribution in [0.3, 0.4) is 0 Å². The maximum absolute atomic E-state index is 11.2. The van der Waals surface area contributed by atoms with Gasteiger partial charge in [0, 0.05) is 0 Å². The predicted octanol–water partition coefficient (Wildman–Crippen LogP) is 2.15. The van der Waals surface area contributed by atoms with Crippen molar-refractivity contribution >= 4 is 25.9 Å². The first-order valence-corrected chi connectivity index (χ1v) is 11.8. The standard InChI is InChI=1S/2C6H5.C3H7.H2O.Sn/c2*1-2-4-6-5-3-1;1-3-2;;/h2*1-5H;3H,1-2H3;1H2;/q;;;;+1/p-1. The summed E-state index contributed by atoms with van der Waals surface area (Å²) >= 11 is -3.43. The molecule has 0 amide bonds. The van der Waals surface area contributed by atoms with Gasteiger partial charge in [-0.05, 0) is 0 Å². The molecule has 88 valence electrons. The van der Waals surface area contributed by atoms with E-state index in [1.807, 2.05) is 36.4 Å². The van der Waals surface area contributed by atoms with E-state index >= 15 is 0 Å². The zero-order valence-corrected chi connectivity index (χ0v) is 13.2. The summed E-state index contributed by atoms with van der Waals surface area (Å²) in [5.41, 5.74) is 0. The van der Waals surface area contributed by atoms with E-state index in [9.17, 15) is 3.44 Å². The first-order valence-electron chi connectivity index (χ1n) is 5.99. The van der Waals surface area contributed by atoms with Crippen LogP contribution in [0.5, 0.6) is 0 Å². The monoisotopic (exact) mass is 334 g/mol. The first-order chi connectivity index (χ1) is 8.15. The summed E-state index contributed by atoms with van der Waals surface area (Å²) in [4.78, 5) is 0. The molecule has 0 aliphatic rings. The van der Waals surface area contributed by atoms with Crippen molar-refractivity contribution in [2.24, 2.45) is 0 Å². The minimum absolute atomic E-state index is 0.328. The van der Waals surface area contributed by atoms with E-state index < -0.39 is 18.8 Å². The van der Waals surface area contributed by atoms with Crippen LogP contribution in [0.1, 0.15) is 13.8 Å². The molecule has 2 heteroatoms. The van der Waals surface area contributed by atoms with Crippen LogP contribution in [-0.4, -0.2) is 22.2 Å². The molecule has 0 saturated heterocycles. The molecule has 2 rings (SSSR count). The Morgan fingerprint density at radius 1 is 0.765 bits per heavy atom. The number of rotatable bonds is 3. The van der Waals surface area contributed by atoms with Crippen LogP contribution >= 0.6 is 0 Å². The molecule has 0 heterocycles. The van der Waals surface area contributed by atoms with Gasteiger partial charge in [0.15, 0.2) is 0 Å². The average molecular weight is 333 g/mol. The van der Waals surface area contributed by atoms with Crippen molar-refractivity contribution in [1.29, 1.82) is 0 Å². The fraction of sp³-hybridized carbons (Fsp3) is 0.200. The van der Waals surface area contributed by atoms with Gasteiger partial charge in [-0.3, -0.25) is 0 Å². The quantitative estimate of drug-likeness (QED) is 0.854.